The molecule has 1 aromatic carbocycles. The molecule has 0 spiro atoms. The van der Waals surface area contributed by atoms with Crippen LogP contribution < -0.4 is 0 Å². The van der Waals surface area contributed by atoms with Gasteiger partial charge < -0.3 is 9.30 Å². The lowest BCUT2D eigenvalue weighted by molar-refractivity contribution is 0.113. The van der Waals surface area contributed by atoms with Crippen molar-refractivity contribution in [2.24, 2.45) is 0 Å². The van der Waals surface area contributed by atoms with Crippen LogP contribution in [0.15, 0.2) is 48.7 Å². The van der Waals surface area contributed by atoms with Crippen LogP contribution in [0.3, 0.4) is 0 Å². The second kappa shape index (κ2) is 6.29. The largest absolute Gasteiger partial charge is 0.375 e. The van der Waals surface area contributed by atoms with Crippen molar-refractivity contribution in [1.82, 2.24) is 9.55 Å². The molecule has 0 amide bonds. The number of benzene rings is 1. The molecule has 0 unspecified atom stereocenters. The number of nitrogens with zero attached hydrogens (tertiary/aromatic N) is 2. The van der Waals surface area contributed by atoms with Crippen molar-refractivity contribution < 1.29 is 4.74 Å². The molecular formula is C17H17ClN2O. The van der Waals surface area contributed by atoms with Gasteiger partial charge in [0.1, 0.15) is 0 Å². The second-order valence-corrected chi connectivity index (χ2v) is 5.37. The minimum atomic E-state index is 0.545. The zero-order valence-corrected chi connectivity index (χ0v) is 12.7. The number of hydrogen-bond donors (Lipinski definition) is 0. The molecule has 0 aliphatic carbocycles. The first-order valence-corrected chi connectivity index (χ1v) is 7.35. The topological polar surface area (TPSA) is 27.1 Å². The summed E-state index contributed by atoms with van der Waals surface area (Å²) in [5.41, 5.74) is 3.34. The third-order valence-corrected chi connectivity index (χ3v) is 3.82. The van der Waals surface area contributed by atoms with Crippen molar-refractivity contribution in [3.05, 3.63) is 65.1 Å². The van der Waals surface area contributed by atoms with Gasteiger partial charge in [-0.1, -0.05) is 41.9 Å². The summed E-state index contributed by atoms with van der Waals surface area (Å²) in [6.07, 6.45) is 1.74. The molecule has 108 valence electrons. The molecule has 2 aromatic heterocycles. The highest BCUT2D eigenvalue weighted by molar-refractivity contribution is 6.33. The van der Waals surface area contributed by atoms with Gasteiger partial charge in [-0.2, -0.15) is 0 Å². The number of aromatic nitrogens is 2. The molecule has 0 aliphatic heterocycles. The van der Waals surface area contributed by atoms with Gasteiger partial charge >= 0.3 is 0 Å². The van der Waals surface area contributed by atoms with Gasteiger partial charge in [0.05, 0.1) is 18.7 Å². The minimum Gasteiger partial charge on any atom is -0.375 e. The molecule has 0 radical (unpaired) electrons. The lowest BCUT2D eigenvalue weighted by Crippen LogP contribution is -2.07. The number of hydrogen-bond acceptors (Lipinski definition) is 2. The molecule has 0 saturated heterocycles. The van der Waals surface area contributed by atoms with Crippen molar-refractivity contribution >= 4 is 22.5 Å². The van der Waals surface area contributed by atoms with Crippen molar-refractivity contribution in [1.29, 1.82) is 0 Å². The first kappa shape index (κ1) is 14.1. The fraction of sp³-hybridized carbons (Fsp3) is 0.235. The number of ether oxygens (including phenoxy) is 1. The highest BCUT2D eigenvalue weighted by Crippen LogP contribution is 2.24. The third kappa shape index (κ3) is 3.09. The molecule has 4 heteroatoms. The summed E-state index contributed by atoms with van der Waals surface area (Å²) < 4.78 is 7.91. The lowest BCUT2D eigenvalue weighted by atomic mass is 10.2. The molecule has 0 aliphatic rings. The predicted octanol–water partition coefficient (Wildman–Crippen LogP) is 4.21. The van der Waals surface area contributed by atoms with E-state index in [0.29, 0.717) is 18.4 Å². The molecule has 3 aromatic rings. The summed E-state index contributed by atoms with van der Waals surface area (Å²) in [5.74, 6) is 0. The Morgan fingerprint density at radius 2 is 2.00 bits per heavy atom. The zero-order valence-electron chi connectivity index (χ0n) is 11.9. The van der Waals surface area contributed by atoms with Gasteiger partial charge in [0.15, 0.2) is 5.15 Å². The van der Waals surface area contributed by atoms with Crippen LogP contribution in [0.5, 0.6) is 0 Å². The van der Waals surface area contributed by atoms with Crippen LogP contribution in [0.1, 0.15) is 11.3 Å². The van der Waals surface area contributed by atoms with Crippen molar-refractivity contribution in [3.8, 4) is 0 Å². The van der Waals surface area contributed by atoms with E-state index in [-0.39, 0.29) is 0 Å². The first-order chi connectivity index (χ1) is 10.3. The van der Waals surface area contributed by atoms with E-state index in [4.69, 9.17) is 16.3 Å². The quantitative estimate of drug-likeness (QED) is 0.521. The molecule has 2 heterocycles. The van der Waals surface area contributed by atoms with E-state index < -0.39 is 0 Å². The summed E-state index contributed by atoms with van der Waals surface area (Å²) in [6.45, 7) is 4.12. The van der Waals surface area contributed by atoms with E-state index in [2.05, 4.69) is 34.7 Å². The standard InChI is InChI=1S/C17H17ClN2O/c1-13-11-15-7-8-19-17(18)16(15)20(13)9-10-21-12-14-5-3-2-4-6-14/h2-8,11H,9-10,12H2,1H3. The Morgan fingerprint density at radius 3 is 2.81 bits per heavy atom. The van der Waals surface area contributed by atoms with Crippen LogP contribution in [0, 0.1) is 6.92 Å². The Labute approximate surface area is 129 Å². The van der Waals surface area contributed by atoms with Gasteiger partial charge in [-0.25, -0.2) is 4.98 Å². The van der Waals surface area contributed by atoms with Gasteiger partial charge in [0.2, 0.25) is 0 Å². The van der Waals surface area contributed by atoms with Crippen molar-refractivity contribution in [2.75, 3.05) is 6.61 Å². The van der Waals surface area contributed by atoms with E-state index in [1.54, 1.807) is 6.20 Å². The summed E-state index contributed by atoms with van der Waals surface area (Å²) in [4.78, 5) is 4.16. The Hall–Kier alpha value is -1.84. The average Bonchev–Trinajstić information content (AvgIpc) is 2.82. The van der Waals surface area contributed by atoms with E-state index in [1.807, 2.05) is 24.3 Å². The smallest absolute Gasteiger partial charge is 0.153 e. The third-order valence-electron chi connectivity index (χ3n) is 3.54. The number of aryl methyl sites for hydroxylation is 1. The molecule has 0 bridgehead atoms. The molecular weight excluding hydrogens is 284 g/mol. The van der Waals surface area contributed by atoms with E-state index in [9.17, 15) is 0 Å². The fourth-order valence-corrected chi connectivity index (χ4v) is 2.78. The van der Waals surface area contributed by atoms with Crippen LogP contribution in [0.25, 0.3) is 10.9 Å². The van der Waals surface area contributed by atoms with Crippen LogP contribution in [0.4, 0.5) is 0 Å². The monoisotopic (exact) mass is 300 g/mol. The number of pyridine rings is 1. The summed E-state index contributed by atoms with van der Waals surface area (Å²) in [5, 5.41) is 1.67. The van der Waals surface area contributed by atoms with Crippen LogP contribution in [-0.4, -0.2) is 16.2 Å². The maximum absolute atomic E-state index is 6.21. The van der Waals surface area contributed by atoms with E-state index in [1.165, 1.54) is 11.3 Å². The number of halogens is 1. The van der Waals surface area contributed by atoms with Crippen molar-refractivity contribution in [3.63, 3.8) is 0 Å². The molecule has 0 N–H and O–H groups in total. The Balaban J connectivity index is 1.67. The van der Waals surface area contributed by atoms with Crippen LogP contribution in [-0.2, 0) is 17.9 Å². The van der Waals surface area contributed by atoms with Gasteiger partial charge in [0, 0.05) is 23.8 Å². The molecule has 3 rings (SSSR count). The van der Waals surface area contributed by atoms with Gasteiger partial charge in [-0.3, -0.25) is 0 Å². The predicted molar refractivity (Wildman–Crippen MR) is 85.6 cm³/mol. The molecule has 0 atom stereocenters. The molecule has 3 nitrogen and oxygen atoms in total. The first-order valence-electron chi connectivity index (χ1n) is 6.98. The Bertz CT molecular complexity index is 737. The minimum absolute atomic E-state index is 0.545. The number of rotatable bonds is 5. The Kier molecular flexibility index (Phi) is 4.23. The highest BCUT2D eigenvalue weighted by atomic mass is 35.5. The Morgan fingerprint density at radius 1 is 1.19 bits per heavy atom. The highest BCUT2D eigenvalue weighted by Gasteiger charge is 2.09. The summed E-state index contributed by atoms with van der Waals surface area (Å²) in [7, 11) is 0. The van der Waals surface area contributed by atoms with E-state index >= 15 is 0 Å². The van der Waals surface area contributed by atoms with Crippen molar-refractivity contribution in [2.45, 2.75) is 20.1 Å². The average molecular weight is 301 g/mol. The lowest BCUT2D eigenvalue weighted by Gasteiger charge is -2.10. The van der Waals surface area contributed by atoms with Gasteiger partial charge in [0.25, 0.3) is 0 Å². The fourth-order valence-electron chi connectivity index (χ4n) is 2.51. The molecule has 0 fully saturated rings. The van der Waals surface area contributed by atoms with Crippen LogP contribution >= 0.6 is 11.6 Å². The summed E-state index contributed by atoms with van der Waals surface area (Å²) >= 11 is 6.21. The molecule has 21 heavy (non-hydrogen) atoms. The van der Waals surface area contributed by atoms with Gasteiger partial charge in [-0.05, 0) is 24.6 Å². The van der Waals surface area contributed by atoms with Crippen LogP contribution in [0.2, 0.25) is 5.15 Å². The maximum Gasteiger partial charge on any atom is 0.153 e. The SMILES string of the molecule is Cc1cc2ccnc(Cl)c2n1CCOCc1ccccc1. The molecule has 0 saturated carbocycles. The number of fused-ring (bicyclic) bond motifs is 1. The second-order valence-electron chi connectivity index (χ2n) is 5.02. The maximum atomic E-state index is 6.21. The summed E-state index contributed by atoms with van der Waals surface area (Å²) in [6, 6.07) is 14.3. The van der Waals surface area contributed by atoms with E-state index in [0.717, 1.165) is 17.4 Å². The zero-order chi connectivity index (χ0) is 14.7. The normalized spacial score (nSPS) is 11.1. The van der Waals surface area contributed by atoms with Gasteiger partial charge in [-0.15, -0.1) is 0 Å².